The molecule has 1 rings (SSSR count). The summed E-state index contributed by atoms with van der Waals surface area (Å²) in [6, 6.07) is 6.41. The summed E-state index contributed by atoms with van der Waals surface area (Å²) in [5.41, 5.74) is 0. The number of aromatic nitrogens is 1. The number of unbranched alkanes of at least 4 members (excludes halogenated alkanes) is 13. The average molecular weight is 333 g/mol. The Kier molecular flexibility index (Phi) is 14.9. The number of pyridine rings is 1. The molecule has 0 N–H and O–H groups in total. The van der Waals surface area contributed by atoms with Gasteiger partial charge in [0.05, 0.1) is 0 Å². The standard InChI is InChI=1S/C16H33.C5H5N.Al.H/c1-3-5-7-9-11-13-15-16-14-12-10-8-6-4-2;1-2-4-6-5-3-1;;/h1,3-16H2,2H3;1-5H;;/q;;+1;. The zero-order valence-corrected chi connectivity index (χ0v) is 17.1. The zero-order valence-electron chi connectivity index (χ0n) is 15.6. The highest BCUT2D eigenvalue weighted by atomic mass is 27.1. The summed E-state index contributed by atoms with van der Waals surface area (Å²) >= 11 is -0.0565. The van der Waals surface area contributed by atoms with Crippen LogP contribution in [-0.2, 0) is 0 Å². The molecule has 0 atom stereocenters. The molecular weight excluding hydrogens is 293 g/mol. The quantitative estimate of drug-likeness (QED) is 0.255. The van der Waals surface area contributed by atoms with Crippen molar-refractivity contribution >= 4 is 15.4 Å². The minimum atomic E-state index is -0.0565. The molecular formula is C21H39AlN+. The molecule has 0 aromatic carbocycles. The maximum atomic E-state index is 2.43. The number of nitrogens with zero attached hydrogens (tertiary/aromatic N) is 1. The van der Waals surface area contributed by atoms with Crippen LogP contribution in [0.2, 0.25) is 5.28 Å². The average Bonchev–Trinajstić information content (AvgIpc) is 2.59. The van der Waals surface area contributed by atoms with E-state index in [2.05, 4.69) is 41.1 Å². The molecule has 0 bridgehead atoms. The summed E-state index contributed by atoms with van der Waals surface area (Å²) in [7, 11) is 0. The van der Waals surface area contributed by atoms with Gasteiger partial charge < -0.3 is 3.55 Å². The Balaban J connectivity index is 1.72. The Labute approximate surface area is 151 Å². The van der Waals surface area contributed by atoms with Crippen LogP contribution in [0.15, 0.2) is 30.6 Å². The van der Waals surface area contributed by atoms with Gasteiger partial charge in [0.1, 0.15) is 12.4 Å². The lowest BCUT2D eigenvalue weighted by molar-refractivity contribution is -0.529. The lowest BCUT2D eigenvalue weighted by Gasteiger charge is -2.02. The molecule has 0 aliphatic heterocycles. The highest BCUT2D eigenvalue weighted by molar-refractivity contribution is 6.24. The molecule has 0 amide bonds. The van der Waals surface area contributed by atoms with Gasteiger partial charge in [-0.3, -0.25) is 0 Å². The lowest BCUT2D eigenvalue weighted by Crippen LogP contribution is -2.38. The molecule has 1 aromatic heterocycles. The number of hydrogen-bond donors (Lipinski definition) is 0. The van der Waals surface area contributed by atoms with Gasteiger partial charge in [-0.2, -0.15) is 0 Å². The molecule has 1 aromatic rings. The molecule has 0 aliphatic carbocycles. The maximum absolute atomic E-state index is 2.43. The second-order valence-electron chi connectivity index (χ2n) is 7.06. The van der Waals surface area contributed by atoms with Crippen molar-refractivity contribution in [3.8, 4) is 0 Å². The molecule has 0 saturated carbocycles. The highest BCUT2D eigenvalue weighted by Gasteiger charge is 2.08. The first-order chi connectivity index (χ1) is 11.4. The SMILES string of the molecule is CCCCCCCCCCCCCCC[CH2][AlH][n+]1ccccc1. The monoisotopic (exact) mass is 332 g/mol. The summed E-state index contributed by atoms with van der Waals surface area (Å²) in [5.74, 6) is 0. The Bertz CT molecular complexity index is 339. The predicted octanol–water partition coefficient (Wildman–Crippen LogP) is 6.07. The van der Waals surface area contributed by atoms with Crippen LogP contribution >= 0.6 is 0 Å². The topological polar surface area (TPSA) is 3.88 Å². The fraction of sp³-hybridized carbons (Fsp3) is 0.762. The van der Waals surface area contributed by atoms with Crippen LogP contribution in [0.25, 0.3) is 0 Å². The second kappa shape index (κ2) is 16.5. The molecule has 0 spiro atoms. The molecule has 130 valence electrons. The fourth-order valence-electron chi connectivity index (χ4n) is 3.25. The first-order valence-electron chi connectivity index (χ1n) is 10.4. The summed E-state index contributed by atoms with van der Waals surface area (Å²) in [6.07, 6.45) is 24.9. The second-order valence-corrected chi connectivity index (χ2v) is 8.95. The van der Waals surface area contributed by atoms with E-state index in [0.29, 0.717) is 0 Å². The fourth-order valence-corrected chi connectivity index (χ4v) is 4.73. The van der Waals surface area contributed by atoms with E-state index in [9.17, 15) is 0 Å². The van der Waals surface area contributed by atoms with E-state index in [-0.39, 0.29) is 15.4 Å². The van der Waals surface area contributed by atoms with Crippen molar-refractivity contribution in [3.63, 3.8) is 0 Å². The van der Waals surface area contributed by atoms with Gasteiger partial charge in [0, 0.05) is 0 Å². The minimum Gasteiger partial charge on any atom is -0.400 e. The number of rotatable bonds is 16. The predicted molar refractivity (Wildman–Crippen MR) is 104 cm³/mol. The Morgan fingerprint density at radius 3 is 1.48 bits per heavy atom. The van der Waals surface area contributed by atoms with Gasteiger partial charge in [0.2, 0.25) is 0 Å². The normalized spacial score (nSPS) is 10.8. The summed E-state index contributed by atoms with van der Waals surface area (Å²) in [5, 5.41) is 1.46. The molecule has 0 saturated heterocycles. The molecule has 1 heterocycles. The Morgan fingerprint density at radius 2 is 1.00 bits per heavy atom. The van der Waals surface area contributed by atoms with Gasteiger partial charge in [-0.1, -0.05) is 103 Å². The number of hydrogen-bond acceptors (Lipinski definition) is 0. The third kappa shape index (κ3) is 13.8. The lowest BCUT2D eigenvalue weighted by atomic mass is 10.0. The summed E-state index contributed by atoms with van der Waals surface area (Å²) < 4.78 is 2.43. The third-order valence-electron chi connectivity index (χ3n) is 4.80. The van der Waals surface area contributed by atoms with Gasteiger partial charge in [-0.05, 0) is 17.4 Å². The van der Waals surface area contributed by atoms with Crippen molar-refractivity contribution in [3.05, 3.63) is 30.6 Å². The van der Waals surface area contributed by atoms with Crippen LogP contribution in [0.3, 0.4) is 0 Å². The van der Waals surface area contributed by atoms with Gasteiger partial charge in [0.25, 0.3) is 0 Å². The van der Waals surface area contributed by atoms with Gasteiger partial charge in [0.15, 0.2) is 0 Å². The summed E-state index contributed by atoms with van der Waals surface area (Å²) in [6.45, 7) is 2.30. The van der Waals surface area contributed by atoms with Crippen LogP contribution in [0.1, 0.15) is 96.8 Å². The Morgan fingerprint density at radius 1 is 0.565 bits per heavy atom. The van der Waals surface area contributed by atoms with E-state index < -0.39 is 0 Å². The minimum absolute atomic E-state index is 0.0565. The van der Waals surface area contributed by atoms with Crippen molar-refractivity contribution in [1.82, 2.24) is 0 Å². The molecule has 2 heteroatoms. The first kappa shape index (κ1) is 20.7. The molecule has 0 radical (unpaired) electrons. The van der Waals surface area contributed by atoms with E-state index in [4.69, 9.17) is 0 Å². The van der Waals surface area contributed by atoms with Gasteiger partial charge in [-0.25, -0.2) is 0 Å². The van der Waals surface area contributed by atoms with E-state index in [1.165, 1.54) is 95.2 Å². The van der Waals surface area contributed by atoms with Crippen molar-refractivity contribution < 1.29 is 3.55 Å². The smallest absolute Gasteiger partial charge is 0.400 e. The van der Waals surface area contributed by atoms with Crippen molar-refractivity contribution in [2.75, 3.05) is 0 Å². The third-order valence-corrected chi connectivity index (χ3v) is 6.55. The van der Waals surface area contributed by atoms with E-state index in [0.717, 1.165) is 0 Å². The van der Waals surface area contributed by atoms with Crippen LogP contribution < -0.4 is 3.55 Å². The summed E-state index contributed by atoms with van der Waals surface area (Å²) in [4.78, 5) is 0. The molecule has 0 aliphatic rings. The molecule has 1 nitrogen and oxygen atoms in total. The van der Waals surface area contributed by atoms with Gasteiger partial charge in [-0.15, -0.1) is 0 Å². The van der Waals surface area contributed by atoms with Crippen LogP contribution in [-0.4, -0.2) is 15.4 Å². The van der Waals surface area contributed by atoms with Crippen molar-refractivity contribution in [1.29, 1.82) is 0 Å². The van der Waals surface area contributed by atoms with E-state index >= 15 is 0 Å². The molecule has 23 heavy (non-hydrogen) atoms. The van der Waals surface area contributed by atoms with E-state index in [1.807, 2.05) is 0 Å². The van der Waals surface area contributed by atoms with Crippen LogP contribution in [0.4, 0.5) is 0 Å². The van der Waals surface area contributed by atoms with Gasteiger partial charge >= 0.3 is 15.4 Å². The van der Waals surface area contributed by atoms with Crippen LogP contribution in [0.5, 0.6) is 0 Å². The largest absolute Gasteiger partial charge is 0.721 e. The maximum Gasteiger partial charge on any atom is 0.721 e. The Hall–Kier alpha value is -0.318. The highest BCUT2D eigenvalue weighted by Crippen LogP contribution is 2.13. The molecule has 0 unspecified atom stereocenters. The van der Waals surface area contributed by atoms with Crippen molar-refractivity contribution in [2.24, 2.45) is 0 Å². The van der Waals surface area contributed by atoms with Crippen molar-refractivity contribution in [2.45, 2.75) is 102 Å². The zero-order chi connectivity index (χ0) is 16.4. The van der Waals surface area contributed by atoms with E-state index in [1.54, 1.807) is 0 Å². The van der Waals surface area contributed by atoms with Crippen LogP contribution in [0, 0.1) is 0 Å². The first-order valence-corrected chi connectivity index (χ1v) is 12.0. The molecule has 0 fully saturated rings.